The summed E-state index contributed by atoms with van der Waals surface area (Å²) in [7, 11) is 3.59. The fourth-order valence-corrected chi connectivity index (χ4v) is 2.04. The van der Waals surface area contributed by atoms with Crippen LogP contribution in [0.15, 0.2) is 30.3 Å². The van der Waals surface area contributed by atoms with Gasteiger partial charge in [-0.1, -0.05) is 30.3 Å². The number of nitrogens with zero attached hydrogens (tertiary/aromatic N) is 1. The van der Waals surface area contributed by atoms with Crippen molar-refractivity contribution in [2.24, 2.45) is 0 Å². The second kappa shape index (κ2) is 4.63. The minimum absolute atomic E-state index is 0.00106. The summed E-state index contributed by atoms with van der Waals surface area (Å²) in [4.78, 5) is 13.7. The Labute approximate surface area is 95.2 Å². The second-order valence-corrected chi connectivity index (χ2v) is 3.94. The highest BCUT2D eigenvalue weighted by Gasteiger charge is 2.38. The summed E-state index contributed by atoms with van der Waals surface area (Å²) in [6.45, 7) is 0.484. The van der Waals surface area contributed by atoms with Crippen LogP contribution in [0.3, 0.4) is 0 Å². The number of hydrogen-bond acceptors (Lipinski definition) is 3. The van der Waals surface area contributed by atoms with E-state index in [1.54, 1.807) is 7.05 Å². The summed E-state index contributed by atoms with van der Waals surface area (Å²) in [6.07, 6.45) is -0.419. The van der Waals surface area contributed by atoms with Gasteiger partial charge in [0.2, 0.25) is 0 Å². The number of ether oxygens (including phenoxy) is 1. The first-order valence-corrected chi connectivity index (χ1v) is 5.32. The number of benzene rings is 1. The van der Waals surface area contributed by atoms with Gasteiger partial charge in [-0.15, -0.1) is 0 Å². The summed E-state index contributed by atoms with van der Waals surface area (Å²) < 4.78 is 5.50. The van der Waals surface area contributed by atoms with E-state index in [4.69, 9.17) is 4.74 Å². The standard InChI is InChI=1S/C12H16N2O2/c1-13-12(15)11-10(14(2)8-16-11)9-6-4-3-5-7-9/h3-7,10-11H,8H2,1-2H3,(H,13,15)/t10-,11-/m1/s1. The molecule has 1 fully saturated rings. The molecule has 1 heterocycles. The van der Waals surface area contributed by atoms with Crippen LogP contribution >= 0.6 is 0 Å². The molecule has 1 aromatic carbocycles. The quantitative estimate of drug-likeness (QED) is 0.800. The first-order valence-electron chi connectivity index (χ1n) is 5.32. The van der Waals surface area contributed by atoms with E-state index in [0.29, 0.717) is 6.73 Å². The zero-order valence-corrected chi connectivity index (χ0v) is 9.51. The molecule has 16 heavy (non-hydrogen) atoms. The molecule has 1 aliphatic heterocycles. The normalized spacial score (nSPS) is 25.6. The lowest BCUT2D eigenvalue weighted by Gasteiger charge is -2.21. The van der Waals surface area contributed by atoms with Crippen molar-refractivity contribution in [3.63, 3.8) is 0 Å². The molecule has 0 saturated carbocycles. The molecule has 0 aromatic heterocycles. The Balaban J connectivity index is 2.26. The zero-order chi connectivity index (χ0) is 11.5. The summed E-state index contributed by atoms with van der Waals surface area (Å²) in [5.74, 6) is -0.0711. The molecule has 0 aliphatic carbocycles. The first kappa shape index (κ1) is 11.1. The molecule has 0 bridgehead atoms. The molecule has 4 nitrogen and oxygen atoms in total. The summed E-state index contributed by atoms with van der Waals surface area (Å²) in [5, 5.41) is 2.64. The summed E-state index contributed by atoms with van der Waals surface area (Å²) >= 11 is 0. The van der Waals surface area contributed by atoms with Gasteiger partial charge in [-0.2, -0.15) is 0 Å². The molecule has 1 aromatic rings. The van der Waals surface area contributed by atoms with Crippen LogP contribution in [0.25, 0.3) is 0 Å². The molecule has 0 spiro atoms. The topological polar surface area (TPSA) is 41.6 Å². The second-order valence-electron chi connectivity index (χ2n) is 3.94. The van der Waals surface area contributed by atoms with Gasteiger partial charge in [0.1, 0.15) is 6.73 Å². The highest BCUT2D eigenvalue weighted by atomic mass is 16.5. The molecule has 1 aliphatic rings. The van der Waals surface area contributed by atoms with Gasteiger partial charge in [-0.05, 0) is 12.6 Å². The van der Waals surface area contributed by atoms with E-state index in [9.17, 15) is 4.79 Å². The Morgan fingerprint density at radius 2 is 2.12 bits per heavy atom. The maximum atomic E-state index is 11.7. The Bertz CT molecular complexity index is 367. The third-order valence-corrected chi connectivity index (χ3v) is 2.87. The van der Waals surface area contributed by atoms with Crippen LogP contribution in [0.5, 0.6) is 0 Å². The van der Waals surface area contributed by atoms with E-state index in [-0.39, 0.29) is 11.9 Å². The van der Waals surface area contributed by atoms with Crippen LogP contribution in [0, 0.1) is 0 Å². The lowest BCUT2D eigenvalue weighted by molar-refractivity contribution is -0.130. The monoisotopic (exact) mass is 220 g/mol. The van der Waals surface area contributed by atoms with Gasteiger partial charge < -0.3 is 10.1 Å². The molecule has 1 amide bonds. The van der Waals surface area contributed by atoms with E-state index in [1.807, 2.05) is 42.3 Å². The van der Waals surface area contributed by atoms with Crippen molar-refractivity contribution in [1.29, 1.82) is 0 Å². The smallest absolute Gasteiger partial charge is 0.250 e. The summed E-state index contributed by atoms with van der Waals surface area (Å²) in [6, 6.07) is 9.96. The molecule has 1 N–H and O–H groups in total. The van der Waals surface area contributed by atoms with Gasteiger partial charge in [0.05, 0.1) is 6.04 Å². The largest absolute Gasteiger partial charge is 0.357 e. The maximum absolute atomic E-state index is 11.7. The van der Waals surface area contributed by atoms with Crippen molar-refractivity contribution < 1.29 is 9.53 Å². The van der Waals surface area contributed by atoms with Gasteiger partial charge in [0.25, 0.3) is 5.91 Å². The number of carbonyl (C=O) groups is 1. The fourth-order valence-electron chi connectivity index (χ4n) is 2.04. The third kappa shape index (κ3) is 1.94. The number of hydrogen-bond donors (Lipinski definition) is 1. The molecule has 2 rings (SSSR count). The Hall–Kier alpha value is -1.39. The molecule has 1 saturated heterocycles. The molecular formula is C12H16N2O2. The van der Waals surface area contributed by atoms with Crippen LogP contribution in [-0.4, -0.2) is 37.7 Å². The SMILES string of the molecule is CNC(=O)[C@@H]1OCN(C)[C@@H]1c1ccccc1. The molecular weight excluding hydrogens is 204 g/mol. The van der Waals surface area contributed by atoms with Crippen molar-refractivity contribution in [2.75, 3.05) is 20.8 Å². The average Bonchev–Trinajstić information content (AvgIpc) is 2.71. The van der Waals surface area contributed by atoms with Crippen LogP contribution < -0.4 is 5.32 Å². The van der Waals surface area contributed by atoms with Crippen molar-refractivity contribution in [3.05, 3.63) is 35.9 Å². The predicted octanol–water partition coefficient (Wildman–Crippen LogP) is 0.762. The lowest BCUT2D eigenvalue weighted by Crippen LogP contribution is -2.37. The maximum Gasteiger partial charge on any atom is 0.250 e. The lowest BCUT2D eigenvalue weighted by atomic mass is 10.0. The number of likely N-dealkylation sites (N-methyl/N-ethyl adjacent to an activating group) is 2. The van der Waals surface area contributed by atoms with Crippen molar-refractivity contribution in [1.82, 2.24) is 10.2 Å². The van der Waals surface area contributed by atoms with Crippen molar-refractivity contribution in [3.8, 4) is 0 Å². The predicted molar refractivity (Wildman–Crippen MR) is 60.8 cm³/mol. The van der Waals surface area contributed by atoms with Gasteiger partial charge >= 0.3 is 0 Å². The Kier molecular flexibility index (Phi) is 3.22. The molecule has 2 atom stereocenters. The van der Waals surface area contributed by atoms with Crippen LogP contribution in [0.2, 0.25) is 0 Å². The third-order valence-electron chi connectivity index (χ3n) is 2.87. The van der Waals surface area contributed by atoms with E-state index in [2.05, 4.69) is 5.32 Å². The number of amides is 1. The average molecular weight is 220 g/mol. The highest BCUT2D eigenvalue weighted by molar-refractivity contribution is 5.81. The van der Waals surface area contributed by atoms with Crippen molar-refractivity contribution in [2.45, 2.75) is 12.1 Å². The zero-order valence-electron chi connectivity index (χ0n) is 9.51. The van der Waals surface area contributed by atoms with Crippen LogP contribution in [0.4, 0.5) is 0 Å². The van der Waals surface area contributed by atoms with E-state index in [1.165, 1.54) is 0 Å². The van der Waals surface area contributed by atoms with Gasteiger partial charge in [0.15, 0.2) is 6.10 Å². The Morgan fingerprint density at radius 1 is 1.44 bits per heavy atom. The Morgan fingerprint density at radius 3 is 2.75 bits per heavy atom. The minimum Gasteiger partial charge on any atom is -0.357 e. The van der Waals surface area contributed by atoms with Crippen molar-refractivity contribution >= 4 is 5.91 Å². The van der Waals surface area contributed by atoms with Crippen LogP contribution in [-0.2, 0) is 9.53 Å². The molecule has 4 heteroatoms. The van der Waals surface area contributed by atoms with Gasteiger partial charge in [-0.3, -0.25) is 9.69 Å². The fraction of sp³-hybridized carbons (Fsp3) is 0.417. The van der Waals surface area contributed by atoms with E-state index in [0.717, 1.165) is 5.56 Å². The summed E-state index contributed by atoms with van der Waals surface area (Å²) in [5.41, 5.74) is 1.11. The molecule has 86 valence electrons. The number of rotatable bonds is 2. The minimum atomic E-state index is -0.419. The molecule has 0 radical (unpaired) electrons. The number of carbonyl (C=O) groups excluding carboxylic acids is 1. The molecule has 0 unspecified atom stereocenters. The van der Waals surface area contributed by atoms with Crippen LogP contribution in [0.1, 0.15) is 11.6 Å². The van der Waals surface area contributed by atoms with Gasteiger partial charge in [0, 0.05) is 7.05 Å². The van der Waals surface area contributed by atoms with E-state index >= 15 is 0 Å². The van der Waals surface area contributed by atoms with Gasteiger partial charge in [-0.25, -0.2) is 0 Å². The van der Waals surface area contributed by atoms with E-state index < -0.39 is 6.10 Å². The first-order chi connectivity index (χ1) is 7.74. The highest BCUT2D eigenvalue weighted by Crippen LogP contribution is 2.30. The number of nitrogens with one attached hydrogen (secondary N) is 1.